The lowest BCUT2D eigenvalue weighted by atomic mass is 10.0. The molecule has 0 aliphatic heterocycles. The molecular weight excluding hydrogens is 350 g/mol. The van der Waals surface area contributed by atoms with E-state index in [0.717, 1.165) is 34.8 Å². The average Bonchev–Trinajstić information content (AvgIpc) is 3.07. The molecule has 0 aliphatic rings. The molecule has 3 aromatic rings. The van der Waals surface area contributed by atoms with Crippen LogP contribution >= 0.6 is 0 Å². The van der Waals surface area contributed by atoms with E-state index in [0.29, 0.717) is 19.2 Å². The minimum atomic E-state index is 0.200. The van der Waals surface area contributed by atoms with Gasteiger partial charge in [0.25, 0.3) is 0 Å². The molecule has 152 valence electrons. The molecule has 2 aromatic heterocycles. The smallest absolute Gasteiger partial charge is 0.152 e. The highest BCUT2D eigenvalue weighted by Gasteiger charge is 2.12. The number of pyridine rings is 1. The maximum absolute atomic E-state index is 6.13. The van der Waals surface area contributed by atoms with E-state index in [1.807, 2.05) is 13.1 Å². The molecule has 1 aromatic carbocycles. The predicted octanol–water partition coefficient (Wildman–Crippen LogP) is 4.26. The van der Waals surface area contributed by atoms with Gasteiger partial charge in [0.15, 0.2) is 5.82 Å². The van der Waals surface area contributed by atoms with E-state index in [-0.39, 0.29) is 5.54 Å². The topological polar surface area (TPSA) is 78.0 Å². The van der Waals surface area contributed by atoms with E-state index < -0.39 is 0 Å². The van der Waals surface area contributed by atoms with Crippen molar-refractivity contribution in [3.63, 3.8) is 0 Å². The highest BCUT2D eigenvalue weighted by atomic mass is 16.5. The van der Waals surface area contributed by atoms with Crippen molar-refractivity contribution in [3.8, 4) is 0 Å². The standard InChI is InChI=1S/C22H33N5O/c1-5-28-15-27-14-18-17-13-16(9-7-6-8-12-24-22(2,3)4)10-11-19(17)25-21(23)20(18)26-27/h10-11,13-14,24H,5-9,12,15H2,1-4H3,(H2,23,25). The molecule has 3 rings (SSSR count). The maximum Gasteiger partial charge on any atom is 0.152 e. The van der Waals surface area contributed by atoms with Crippen molar-refractivity contribution >= 4 is 27.6 Å². The minimum absolute atomic E-state index is 0.200. The molecule has 6 heteroatoms. The number of nitrogens with zero attached hydrogens (tertiary/aromatic N) is 3. The van der Waals surface area contributed by atoms with Crippen LogP contribution in [0.5, 0.6) is 0 Å². The van der Waals surface area contributed by atoms with Crippen molar-refractivity contribution in [2.75, 3.05) is 18.9 Å². The fraction of sp³-hybridized carbons (Fsp3) is 0.545. The Labute approximate surface area is 167 Å². The van der Waals surface area contributed by atoms with E-state index >= 15 is 0 Å². The van der Waals surface area contributed by atoms with Gasteiger partial charge in [-0.15, -0.1) is 0 Å². The van der Waals surface area contributed by atoms with Gasteiger partial charge in [0, 0.05) is 29.1 Å². The van der Waals surface area contributed by atoms with Crippen LogP contribution in [0.3, 0.4) is 0 Å². The van der Waals surface area contributed by atoms with Crippen molar-refractivity contribution in [3.05, 3.63) is 30.0 Å². The third-order valence-corrected chi connectivity index (χ3v) is 4.82. The molecular formula is C22H33N5O. The van der Waals surface area contributed by atoms with Crippen molar-refractivity contribution in [1.82, 2.24) is 20.1 Å². The van der Waals surface area contributed by atoms with E-state index in [1.54, 1.807) is 4.68 Å². The number of unbranched alkanes of at least 4 members (excludes halogenated alkanes) is 2. The van der Waals surface area contributed by atoms with Crippen LogP contribution in [-0.4, -0.2) is 33.5 Å². The molecule has 3 N–H and O–H groups in total. The van der Waals surface area contributed by atoms with Gasteiger partial charge in [-0.2, -0.15) is 5.10 Å². The van der Waals surface area contributed by atoms with Crippen molar-refractivity contribution < 1.29 is 4.74 Å². The van der Waals surface area contributed by atoms with Gasteiger partial charge in [-0.05, 0) is 71.2 Å². The lowest BCUT2D eigenvalue weighted by Gasteiger charge is -2.20. The molecule has 0 atom stereocenters. The molecule has 0 saturated carbocycles. The molecule has 0 radical (unpaired) electrons. The largest absolute Gasteiger partial charge is 0.382 e. The highest BCUT2D eigenvalue weighted by Crippen LogP contribution is 2.28. The molecule has 0 bridgehead atoms. The zero-order chi connectivity index (χ0) is 20.1. The van der Waals surface area contributed by atoms with Crippen LogP contribution in [0.25, 0.3) is 21.8 Å². The van der Waals surface area contributed by atoms with Gasteiger partial charge in [-0.3, -0.25) is 0 Å². The number of ether oxygens (including phenoxy) is 1. The first kappa shape index (κ1) is 20.6. The quantitative estimate of drug-likeness (QED) is 0.540. The second-order valence-corrected chi connectivity index (χ2v) is 8.39. The normalized spacial score (nSPS) is 12.3. The van der Waals surface area contributed by atoms with Crippen molar-refractivity contribution in [2.45, 2.75) is 65.6 Å². The summed E-state index contributed by atoms with van der Waals surface area (Å²) in [6.45, 7) is 10.7. The number of aryl methyl sites for hydroxylation is 1. The molecule has 0 saturated heterocycles. The second-order valence-electron chi connectivity index (χ2n) is 8.39. The minimum Gasteiger partial charge on any atom is -0.382 e. The van der Waals surface area contributed by atoms with E-state index in [2.05, 4.69) is 54.4 Å². The number of nitrogens with one attached hydrogen (secondary N) is 1. The number of benzene rings is 1. The molecule has 0 unspecified atom stereocenters. The molecule has 0 fully saturated rings. The van der Waals surface area contributed by atoms with Gasteiger partial charge in [-0.1, -0.05) is 12.5 Å². The van der Waals surface area contributed by atoms with Crippen LogP contribution in [0.4, 0.5) is 5.82 Å². The summed E-state index contributed by atoms with van der Waals surface area (Å²) in [4.78, 5) is 4.54. The third kappa shape index (κ3) is 5.20. The molecule has 6 nitrogen and oxygen atoms in total. The summed E-state index contributed by atoms with van der Waals surface area (Å²) in [5, 5.41) is 10.2. The third-order valence-electron chi connectivity index (χ3n) is 4.82. The summed E-state index contributed by atoms with van der Waals surface area (Å²) in [7, 11) is 0. The average molecular weight is 384 g/mol. The molecule has 2 heterocycles. The summed E-state index contributed by atoms with van der Waals surface area (Å²) in [5.41, 5.74) is 9.32. The van der Waals surface area contributed by atoms with Crippen LogP contribution in [0.1, 0.15) is 52.5 Å². The van der Waals surface area contributed by atoms with Crippen molar-refractivity contribution in [2.24, 2.45) is 0 Å². The van der Waals surface area contributed by atoms with Crippen LogP contribution < -0.4 is 11.1 Å². The Kier molecular flexibility index (Phi) is 6.52. The number of hydrogen-bond acceptors (Lipinski definition) is 5. The molecule has 0 amide bonds. The van der Waals surface area contributed by atoms with Gasteiger partial charge >= 0.3 is 0 Å². The summed E-state index contributed by atoms with van der Waals surface area (Å²) >= 11 is 0. The number of hydrogen-bond donors (Lipinski definition) is 2. The van der Waals surface area contributed by atoms with Crippen LogP contribution in [-0.2, 0) is 17.9 Å². The molecule has 0 spiro atoms. The zero-order valence-electron chi connectivity index (χ0n) is 17.6. The van der Waals surface area contributed by atoms with E-state index in [1.165, 1.54) is 24.8 Å². The van der Waals surface area contributed by atoms with Gasteiger partial charge in [0.05, 0.1) is 5.52 Å². The maximum atomic E-state index is 6.13. The Balaban J connectivity index is 1.70. The number of anilines is 1. The Morgan fingerprint density at radius 1 is 1.14 bits per heavy atom. The second kappa shape index (κ2) is 8.88. The Morgan fingerprint density at radius 3 is 2.71 bits per heavy atom. The number of nitrogens with two attached hydrogens (primary N) is 1. The fourth-order valence-corrected chi connectivity index (χ4v) is 3.39. The monoisotopic (exact) mass is 383 g/mol. The van der Waals surface area contributed by atoms with Gasteiger partial charge < -0.3 is 15.8 Å². The summed E-state index contributed by atoms with van der Waals surface area (Å²) < 4.78 is 7.26. The number of fused-ring (bicyclic) bond motifs is 3. The summed E-state index contributed by atoms with van der Waals surface area (Å²) in [6, 6.07) is 6.48. The molecule has 0 aliphatic carbocycles. The van der Waals surface area contributed by atoms with E-state index in [9.17, 15) is 0 Å². The van der Waals surface area contributed by atoms with Crippen LogP contribution in [0.2, 0.25) is 0 Å². The Morgan fingerprint density at radius 2 is 1.96 bits per heavy atom. The highest BCUT2D eigenvalue weighted by molar-refractivity contribution is 6.08. The Hall–Kier alpha value is -2.18. The summed E-state index contributed by atoms with van der Waals surface area (Å²) in [6.07, 6.45) is 6.70. The van der Waals surface area contributed by atoms with E-state index in [4.69, 9.17) is 10.5 Å². The SMILES string of the molecule is CCOCn1cc2c(n1)c(N)nc1ccc(CCCCCNC(C)(C)C)cc12. The predicted molar refractivity (Wildman–Crippen MR) is 116 cm³/mol. The van der Waals surface area contributed by atoms with Crippen molar-refractivity contribution in [1.29, 1.82) is 0 Å². The Bertz CT molecular complexity index is 926. The van der Waals surface area contributed by atoms with Crippen LogP contribution in [0, 0.1) is 0 Å². The number of aromatic nitrogens is 3. The lowest BCUT2D eigenvalue weighted by Crippen LogP contribution is -2.36. The number of nitrogen functional groups attached to an aromatic ring is 1. The molecule has 28 heavy (non-hydrogen) atoms. The van der Waals surface area contributed by atoms with Gasteiger partial charge in [-0.25, -0.2) is 9.67 Å². The summed E-state index contributed by atoms with van der Waals surface area (Å²) in [5.74, 6) is 0.469. The van der Waals surface area contributed by atoms with Crippen LogP contribution in [0.15, 0.2) is 24.4 Å². The first-order valence-electron chi connectivity index (χ1n) is 10.3. The number of rotatable bonds is 9. The fourth-order valence-electron chi connectivity index (χ4n) is 3.39. The van der Waals surface area contributed by atoms with Gasteiger partial charge in [0.1, 0.15) is 12.2 Å². The first-order valence-corrected chi connectivity index (χ1v) is 10.3. The zero-order valence-corrected chi connectivity index (χ0v) is 17.6. The lowest BCUT2D eigenvalue weighted by molar-refractivity contribution is 0.0797. The first-order chi connectivity index (χ1) is 13.4. The van der Waals surface area contributed by atoms with Gasteiger partial charge in [0.2, 0.25) is 0 Å².